The minimum Gasteiger partial charge on any atom is -0.362 e. The summed E-state index contributed by atoms with van der Waals surface area (Å²) in [5, 5.41) is 7.24. The van der Waals surface area contributed by atoms with Gasteiger partial charge in [-0.25, -0.2) is 0 Å². The van der Waals surface area contributed by atoms with E-state index in [1.54, 1.807) is 12.1 Å². The second-order valence-electron chi connectivity index (χ2n) is 9.37. The number of amides is 1. The number of dihydropyridines is 1. The molecular weight excluding hydrogens is 443 g/mol. The van der Waals surface area contributed by atoms with E-state index < -0.39 is 5.92 Å². The highest BCUT2D eigenvalue weighted by atomic mass is 35.5. The van der Waals surface area contributed by atoms with Gasteiger partial charge < -0.3 is 10.6 Å². The maximum Gasteiger partial charge on any atom is 0.254 e. The molecule has 1 aliphatic carbocycles. The monoisotopic (exact) mass is 468 g/mol. The Kier molecular flexibility index (Phi) is 5.95. The van der Waals surface area contributed by atoms with Crippen molar-refractivity contribution in [2.24, 2.45) is 5.41 Å². The lowest BCUT2D eigenvalue weighted by Gasteiger charge is -2.39. The molecule has 1 heterocycles. The van der Waals surface area contributed by atoms with Crippen molar-refractivity contribution >= 4 is 40.6 Å². The molecule has 2 N–H and O–H groups in total. The van der Waals surface area contributed by atoms with Crippen LogP contribution >= 0.6 is 23.2 Å². The van der Waals surface area contributed by atoms with Gasteiger partial charge in [0.05, 0.1) is 10.0 Å². The van der Waals surface area contributed by atoms with Crippen molar-refractivity contribution in [3.63, 3.8) is 0 Å². The van der Waals surface area contributed by atoms with Crippen molar-refractivity contribution in [3.8, 4) is 0 Å². The summed E-state index contributed by atoms with van der Waals surface area (Å²) in [6.07, 6.45) is 1.16. The summed E-state index contributed by atoms with van der Waals surface area (Å²) in [7, 11) is 0. The first-order chi connectivity index (χ1) is 15.1. The maximum atomic E-state index is 13.6. The van der Waals surface area contributed by atoms with Gasteiger partial charge in [0.1, 0.15) is 0 Å². The number of benzene rings is 2. The molecule has 1 aliphatic heterocycles. The summed E-state index contributed by atoms with van der Waals surface area (Å²) in [6, 6.07) is 12.9. The van der Waals surface area contributed by atoms with Crippen molar-refractivity contribution in [2.75, 3.05) is 5.32 Å². The lowest BCUT2D eigenvalue weighted by molar-refractivity contribution is -0.118. The third-order valence-corrected chi connectivity index (χ3v) is 6.89. The van der Waals surface area contributed by atoms with Crippen LogP contribution in [0.4, 0.5) is 5.69 Å². The van der Waals surface area contributed by atoms with Gasteiger partial charge >= 0.3 is 0 Å². The lowest BCUT2D eigenvalue weighted by atomic mass is 9.68. The zero-order valence-corrected chi connectivity index (χ0v) is 20.1. The number of aryl methyl sites for hydroxylation is 1. The van der Waals surface area contributed by atoms with Gasteiger partial charge in [-0.15, -0.1) is 0 Å². The predicted molar refractivity (Wildman–Crippen MR) is 130 cm³/mol. The SMILES string of the molecule is CC1=C(C(=O)Nc2ccccc2C)[C@H](c2ccc(Cl)c(Cl)c2)C2=C(CC(C)(C)CC2=O)N1. The molecule has 0 unspecified atom stereocenters. The number of Topliss-reactive ketones (excluding diaryl/α,β-unsaturated/α-hetero) is 1. The maximum absolute atomic E-state index is 13.6. The van der Waals surface area contributed by atoms with Gasteiger partial charge in [-0.3, -0.25) is 9.59 Å². The van der Waals surface area contributed by atoms with E-state index in [4.69, 9.17) is 23.2 Å². The summed E-state index contributed by atoms with van der Waals surface area (Å²) < 4.78 is 0. The number of ketones is 1. The number of anilines is 1. The summed E-state index contributed by atoms with van der Waals surface area (Å²) in [6.45, 7) is 8.00. The highest BCUT2D eigenvalue weighted by Crippen LogP contribution is 2.47. The van der Waals surface area contributed by atoms with E-state index in [0.717, 1.165) is 34.6 Å². The molecule has 4 nitrogen and oxygen atoms in total. The van der Waals surface area contributed by atoms with Crippen LogP contribution in [-0.2, 0) is 9.59 Å². The fourth-order valence-electron chi connectivity index (χ4n) is 4.67. The van der Waals surface area contributed by atoms with E-state index in [0.29, 0.717) is 27.6 Å². The van der Waals surface area contributed by atoms with Gasteiger partial charge in [-0.2, -0.15) is 0 Å². The molecule has 0 radical (unpaired) electrons. The average molecular weight is 469 g/mol. The average Bonchev–Trinajstić information content (AvgIpc) is 2.69. The largest absolute Gasteiger partial charge is 0.362 e. The van der Waals surface area contributed by atoms with E-state index in [1.165, 1.54) is 0 Å². The quantitative estimate of drug-likeness (QED) is 0.536. The molecule has 4 rings (SSSR count). The first-order valence-corrected chi connectivity index (χ1v) is 11.4. The molecule has 1 atom stereocenters. The third kappa shape index (κ3) is 4.22. The molecule has 0 saturated heterocycles. The first kappa shape index (κ1) is 22.6. The van der Waals surface area contributed by atoms with Crippen LogP contribution in [0.15, 0.2) is 65.0 Å². The Morgan fingerprint density at radius 1 is 1.06 bits per heavy atom. The van der Waals surface area contributed by atoms with Crippen LogP contribution < -0.4 is 10.6 Å². The summed E-state index contributed by atoms with van der Waals surface area (Å²) in [5.41, 5.74) is 5.10. The second-order valence-corrected chi connectivity index (χ2v) is 10.2. The van der Waals surface area contributed by atoms with E-state index >= 15 is 0 Å². The fourth-order valence-corrected chi connectivity index (χ4v) is 4.97. The van der Waals surface area contributed by atoms with Crippen molar-refractivity contribution in [1.29, 1.82) is 0 Å². The highest BCUT2D eigenvalue weighted by Gasteiger charge is 2.42. The number of hydrogen-bond acceptors (Lipinski definition) is 3. The van der Waals surface area contributed by atoms with Crippen LogP contribution in [-0.4, -0.2) is 11.7 Å². The van der Waals surface area contributed by atoms with Gasteiger partial charge in [-0.1, -0.05) is 61.3 Å². The standard InChI is InChI=1S/C26H26Cl2N2O2/c1-14-7-5-6-8-19(14)30-25(32)22-15(2)29-20-12-26(3,4)13-21(31)24(20)23(22)16-9-10-17(27)18(28)11-16/h5-11,23,29H,12-13H2,1-4H3,(H,30,32)/t23-/m0/s1. The smallest absolute Gasteiger partial charge is 0.254 e. The van der Waals surface area contributed by atoms with Crippen molar-refractivity contribution < 1.29 is 9.59 Å². The summed E-state index contributed by atoms with van der Waals surface area (Å²) >= 11 is 12.5. The molecule has 2 aliphatic rings. The number of carbonyl (C=O) groups excluding carboxylic acids is 2. The number of allylic oxidation sites excluding steroid dienone is 3. The number of nitrogens with one attached hydrogen (secondary N) is 2. The van der Waals surface area contributed by atoms with Gasteiger partial charge in [0.15, 0.2) is 5.78 Å². The van der Waals surface area contributed by atoms with E-state index in [2.05, 4.69) is 24.5 Å². The Morgan fingerprint density at radius 3 is 2.47 bits per heavy atom. The molecule has 0 spiro atoms. The number of hydrogen-bond donors (Lipinski definition) is 2. The minimum absolute atomic E-state index is 0.0496. The predicted octanol–water partition coefficient (Wildman–Crippen LogP) is 6.54. The number of para-hydroxylation sites is 1. The topological polar surface area (TPSA) is 58.2 Å². The van der Waals surface area contributed by atoms with Gasteiger partial charge in [0.2, 0.25) is 0 Å². The zero-order valence-electron chi connectivity index (χ0n) is 18.6. The fraction of sp³-hybridized carbons (Fsp3) is 0.308. The molecule has 6 heteroatoms. The van der Waals surface area contributed by atoms with Gasteiger partial charge in [0.25, 0.3) is 5.91 Å². The first-order valence-electron chi connectivity index (χ1n) is 10.6. The van der Waals surface area contributed by atoms with Crippen molar-refractivity contribution in [1.82, 2.24) is 5.32 Å². The molecule has 0 fully saturated rings. The second kappa shape index (κ2) is 8.42. The van der Waals surface area contributed by atoms with Crippen LogP contribution in [0.1, 0.15) is 50.7 Å². The van der Waals surface area contributed by atoms with Gasteiger partial charge in [0, 0.05) is 40.6 Å². The third-order valence-electron chi connectivity index (χ3n) is 6.15. The van der Waals surface area contributed by atoms with Crippen LogP contribution in [0.25, 0.3) is 0 Å². The molecule has 0 saturated carbocycles. The Balaban J connectivity index is 1.84. The number of halogens is 2. The molecule has 1 amide bonds. The Morgan fingerprint density at radius 2 is 1.78 bits per heavy atom. The van der Waals surface area contributed by atoms with Crippen molar-refractivity contribution in [3.05, 3.63) is 86.2 Å². The lowest BCUT2D eigenvalue weighted by Crippen LogP contribution is -2.39. The Bertz CT molecular complexity index is 1190. The summed E-state index contributed by atoms with van der Waals surface area (Å²) in [5.74, 6) is -0.716. The normalized spacial score (nSPS) is 20.1. The molecule has 2 aromatic carbocycles. The molecule has 0 bridgehead atoms. The van der Waals surface area contributed by atoms with Gasteiger partial charge in [-0.05, 0) is 55.0 Å². The Hall–Kier alpha value is -2.56. The molecule has 166 valence electrons. The van der Waals surface area contributed by atoms with Crippen LogP contribution in [0.5, 0.6) is 0 Å². The minimum atomic E-state index is -0.520. The number of rotatable bonds is 3. The molecule has 0 aromatic heterocycles. The zero-order chi connectivity index (χ0) is 23.2. The van der Waals surface area contributed by atoms with Crippen LogP contribution in [0.2, 0.25) is 10.0 Å². The van der Waals surface area contributed by atoms with Crippen LogP contribution in [0, 0.1) is 12.3 Å². The van der Waals surface area contributed by atoms with E-state index in [9.17, 15) is 9.59 Å². The Labute approximate surface area is 198 Å². The molecular formula is C26H26Cl2N2O2. The molecule has 32 heavy (non-hydrogen) atoms. The van der Waals surface area contributed by atoms with Crippen LogP contribution in [0.3, 0.4) is 0 Å². The van der Waals surface area contributed by atoms with E-state index in [1.807, 2.05) is 44.2 Å². The highest BCUT2D eigenvalue weighted by molar-refractivity contribution is 6.42. The molecule has 2 aromatic rings. The van der Waals surface area contributed by atoms with Crippen molar-refractivity contribution in [2.45, 2.75) is 46.5 Å². The van der Waals surface area contributed by atoms with E-state index in [-0.39, 0.29) is 17.1 Å². The summed E-state index contributed by atoms with van der Waals surface area (Å²) in [4.78, 5) is 26.9. The number of carbonyl (C=O) groups is 2.